The van der Waals surface area contributed by atoms with E-state index in [2.05, 4.69) is 31.0 Å². The monoisotopic (exact) mass is 275 g/mol. The molecular weight excluding hydrogens is 246 g/mol. The van der Waals surface area contributed by atoms with E-state index in [1.165, 1.54) is 31.2 Å². The van der Waals surface area contributed by atoms with Gasteiger partial charge in [0.15, 0.2) is 0 Å². The third kappa shape index (κ3) is 5.89. The number of aliphatic hydroxyl groups is 1. The van der Waals surface area contributed by atoms with Gasteiger partial charge in [0.25, 0.3) is 0 Å². The number of benzene rings is 1. The van der Waals surface area contributed by atoms with Gasteiger partial charge in [-0.05, 0) is 30.9 Å². The molecule has 2 atom stereocenters. The summed E-state index contributed by atoms with van der Waals surface area (Å²) < 4.78 is 0. The van der Waals surface area contributed by atoms with Crippen molar-refractivity contribution in [2.45, 2.75) is 58.1 Å². The van der Waals surface area contributed by atoms with Gasteiger partial charge >= 0.3 is 0 Å². The van der Waals surface area contributed by atoms with E-state index in [1.807, 2.05) is 25.1 Å². The zero-order chi connectivity index (χ0) is 14.8. The van der Waals surface area contributed by atoms with Crippen molar-refractivity contribution in [3.05, 3.63) is 48.0 Å². The second-order valence-corrected chi connectivity index (χ2v) is 5.48. The van der Waals surface area contributed by atoms with Crippen LogP contribution in [-0.4, -0.2) is 17.7 Å². The molecule has 0 saturated heterocycles. The fraction of sp³-hybridized carbons (Fsp3) is 0.556. The van der Waals surface area contributed by atoms with Gasteiger partial charge in [0.2, 0.25) is 0 Å². The van der Waals surface area contributed by atoms with Crippen molar-refractivity contribution in [2.24, 2.45) is 0 Å². The van der Waals surface area contributed by atoms with E-state index >= 15 is 0 Å². The van der Waals surface area contributed by atoms with Gasteiger partial charge in [0.05, 0.1) is 6.10 Å². The van der Waals surface area contributed by atoms with Gasteiger partial charge in [-0.3, -0.25) is 0 Å². The SMILES string of the molecule is C=CCNC(C)C(O)c1ccc(CCCCCC)cc1. The molecule has 0 radical (unpaired) electrons. The van der Waals surface area contributed by atoms with Crippen molar-refractivity contribution in [2.75, 3.05) is 6.54 Å². The minimum atomic E-state index is -0.468. The van der Waals surface area contributed by atoms with Crippen LogP contribution >= 0.6 is 0 Å². The van der Waals surface area contributed by atoms with Gasteiger partial charge in [0, 0.05) is 12.6 Å². The van der Waals surface area contributed by atoms with Gasteiger partial charge in [0.1, 0.15) is 0 Å². The Morgan fingerprint density at radius 1 is 1.20 bits per heavy atom. The summed E-state index contributed by atoms with van der Waals surface area (Å²) in [5, 5.41) is 13.5. The first-order valence-electron chi connectivity index (χ1n) is 7.80. The van der Waals surface area contributed by atoms with Gasteiger partial charge in [-0.15, -0.1) is 6.58 Å². The first-order chi connectivity index (χ1) is 9.69. The largest absolute Gasteiger partial charge is 0.387 e. The van der Waals surface area contributed by atoms with Crippen LogP contribution in [0.25, 0.3) is 0 Å². The van der Waals surface area contributed by atoms with Crippen molar-refractivity contribution in [3.8, 4) is 0 Å². The molecule has 2 nitrogen and oxygen atoms in total. The van der Waals surface area contributed by atoms with Crippen LogP contribution in [-0.2, 0) is 6.42 Å². The fourth-order valence-electron chi connectivity index (χ4n) is 2.31. The average molecular weight is 275 g/mol. The molecular formula is C18H29NO. The third-order valence-corrected chi connectivity index (χ3v) is 3.70. The van der Waals surface area contributed by atoms with Crippen LogP contribution in [0.5, 0.6) is 0 Å². The molecule has 1 aromatic carbocycles. The number of hydrogen-bond donors (Lipinski definition) is 2. The van der Waals surface area contributed by atoms with Crippen LogP contribution in [0.2, 0.25) is 0 Å². The maximum atomic E-state index is 10.3. The molecule has 0 spiro atoms. The van der Waals surface area contributed by atoms with Crippen molar-refractivity contribution in [3.63, 3.8) is 0 Å². The summed E-state index contributed by atoms with van der Waals surface area (Å²) in [5.41, 5.74) is 2.34. The molecule has 2 N–H and O–H groups in total. The molecule has 1 aromatic rings. The average Bonchev–Trinajstić information content (AvgIpc) is 2.49. The van der Waals surface area contributed by atoms with Gasteiger partial charge in [-0.2, -0.15) is 0 Å². The van der Waals surface area contributed by atoms with E-state index < -0.39 is 6.10 Å². The first-order valence-corrected chi connectivity index (χ1v) is 7.80. The Morgan fingerprint density at radius 3 is 2.50 bits per heavy atom. The summed E-state index contributed by atoms with van der Waals surface area (Å²) in [6, 6.07) is 8.41. The van der Waals surface area contributed by atoms with E-state index in [4.69, 9.17) is 0 Å². The molecule has 0 bridgehead atoms. The second kappa shape index (κ2) is 9.73. The topological polar surface area (TPSA) is 32.3 Å². The maximum Gasteiger partial charge on any atom is 0.0940 e. The van der Waals surface area contributed by atoms with Crippen molar-refractivity contribution >= 4 is 0 Å². The Hall–Kier alpha value is -1.12. The van der Waals surface area contributed by atoms with E-state index in [0.717, 1.165) is 12.0 Å². The molecule has 1 rings (SSSR count). The van der Waals surface area contributed by atoms with Gasteiger partial charge in [-0.25, -0.2) is 0 Å². The molecule has 0 fully saturated rings. The van der Waals surface area contributed by atoms with E-state index in [1.54, 1.807) is 0 Å². The molecule has 2 unspecified atom stereocenters. The molecule has 112 valence electrons. The normalized spacial score (nSPS) is 13.9. The predicted molar refractivity (Wildman–Crippen MR) is 86.9 cm³/mol. The van der Waals surface area contributed by atoms with Crippen molar-refractivity contribution in [1.29, 1.82) is 0 Å². The highest BCUT2D eigenvalue weighted by molar-refractivity contribution is 5.25. The molecule has 0 aliphatic heterocycles. The highest BCUT2D eigenvalue weighted by Gasteiger charge is 2.14. The van der Waals surface area contributed by atoms with Crippen LogP contribution in [0.1, 0.15) is 56.8 Å². The number of aliphatic hydroxyl groups excluding tert-OH is 1. The van der Waals surface area contributed by atoms with Crippen LogP contribution in [0.4, 0.5) is 0 Å². The number of unbranched alkanes of at least 4 members (excludes halogenated alkanes) is 3. The van der Waals surface area contributed by atoms with Crippen LogP contribution in [0.3, 0.4) is 0 Å². The quantitative estimate of drug-likeness (QED) is 0.499. The van der Waals surface area contributed by atoms with E-state index in [0.29, 0.717) is 6.54 Å². The Kier molecular flexibility index (Phi) is 8.24. The van der Waals surface area contributed by atoms with Crippen LogP contribution in [0.15, 0.2) is 36.9 Å². The summed E-state index contributed by atoms with van der Waals surface area (Å²) in [5.74, 6) is 0. The lowest BCUT2D eigenvalue weighted by molar-refractivity contribution is 0.138. The fourth-order valence-corrected chi connectivity index (χ4v) is 2.31. The Morgan fingerprint density at radius 2 is 1.90 bits per heavy atom. The first kappa shape index (κ1) is 16.9. The smallest absolute Gasteiger partial charge is 0.0940 e. The lowest BCUT2D eigenvalue weighted by Crippen LogP contribution is -2.32. The molecule has 0 heterocycles. The minimum Gasteiger partial charge on any atom is -0.387 e. The summed E-state index contributed by atoms with van der Waals surface area (Å²) >= 11 is 0. The highest BCUT2D eigenvalue weighted by Crippen LogP contribution is 2.18. The third-order valence-electron chi connectivity index (χ3n) is 3.70. The Labute approximate surface area is 123 Å². The maximum absolute atomic E-state index is 10.3. The Balaban J connectivity index is 2.46. The second-order valence-electron chi connectivity index (χ2n) is 5.48. The molecule has 0 aromatic heterocycles. The number of nitrogens with one attached hydrogen (secondary N) is 1. The van der Waals surface area contributed by atoms with Gasteiger partial charge in [-0.1, -0.05) is 56.5 Å². The van der Waals surface area contributed by atoms with Crippen molar-refractivity contribution in [1.82, 2.24) is 5.32 Å². The lowest BCUT2D eigenvalue weighted by atomic mass is 10.00. The number of hydrogen-bond acceptors (Lipinski definition) is 2. The lowest BCUT2D eigenvalue weighted by Gasteiger charge is -2.20. The zero-order valence-electron chi connectivity index (χ0n) is 12.9. The Bertz CT molecular complexity index is 372. The molecule has 0 saturated carbocycles. The van der Waals surface area contributed by atoms with E-state index in [9.17, 15) is 5.11 Å². The molecule has 0 aliphatic carbocycles. The summed E-state index contributed by atoms with van der Waals surface area (Å²) in [7, 11) is 0. The zero-order valence-corrected chi connectivity index (χ0v) is 12.9. The minimum absolute atomic E-state index is 0.0309. The number of rotatable bonds is 10. The molecule has 0 aliphatic rings. The summed E-state index contributed by atoms with van der Waals surface area (Å²) in [6.07, 6.45) is 7.65. The van der Waals surface area contributed by atoms with Crippen LogP contribution in [0, 0.1) is 0 Å². The molecule has 2 heteroatoms. The molecule has 0 amide bonds. The molecule has 20 heavy (non-hydrogen) atoms. The van der Waals surface area contributed by atoms with Crippen LogP contribution < -0.4 is 5.32 Å². The van der Waals surface area contributed by atoms with Crippen molar-refractivity contribution < 1.29 is 5.11 Å². The standard InChI is InChI=1S/C18H29NO/c1-4-6-7-8-9-16-10-12-17(13-11-16)18(20)15(3)19-14-5-2/h5,10-13,15,18-20H,2,4,6-9,14H2,1,3H3. The summed E-state index contributed by atoms with van der Waals surface area (Å²) in [6.45, 7) is 8.62. The van der Waals surface area contributed by atoms with Gasteiger partial charge < -0.3 is 10.4 Å². The van der Waals surface area contributed by atoms with E-state index in [-0.39, 0.29) is 6.04 Å². The summed E-state index contributed by atoms with van der Waals surface area (Å²) in [4.78, 5) is 0. The number of aryl methyl sites for hydroxylation is 1. The predicted octanol–water partition coefficient (Wildman–Crippen LogP) is 4.01. The highest BCUT2D eigenvalue weighted by atomic mass is 16.3.